The van der Waals surface area contributed by atoms with Crippen LogP contribution in [0, 0.1) is 5.92 Å². The number of fused-ring (bicyclic) bond motifs is 1. The molecule has 0 saturated heterocycles. The largest absolute Gasteiger partial charge is 0.504 e. The van der Waals surface area contributed by atoms with E-state index in [9.17, 15) is 20.1 Å². The maximum atomic E-state index is 12.2. The zero-order chi connectivity index (χ0) is 19.4. The normalized spacial score (nSPS) is 21.9. The Hall–Kier alpha value is -2.91. The number of carbonyl (C=O) groups is 1. The molecule has 1 aromatic heterocycles. The molecule has 9 heteroatoms. The van der Waals surface area contributed by atoms with Gasteiger partial charge < -0.3 is 29.8 Å². The van der Waals surface area contributed by atoms with Crippen molar-refractivity contribution in [3.05, 3.63) is 29.0 Å². The highest BCUT2D eigenvalue weighted by atomic mass is 16.5. The summed E-state index contributed by atoms with van der Waals surface area (Å²) in [5.41, 5.74) is 0.569. The van der Waals surface area contributed by atoms with E-state index in [0.29, 0.717) is 0 Å². The van der Waals surface area contributed by atoms with Gasteiger partial charge in [0.05, 0.1) is 25.9 Å². The van der Waals surface area contributed by atoms with E-state index >= 15 is 0 Å². The first-order valence-corrected chi connectivity index (χ1v) is 8.54. The molecule has 2 aliphatic rings. The molecule has 0 radical (unpaired) electrons. The number of aliphatic imine (C=N–C) groups is 2. The number of nitrogens with zero attached hydrogens (tertiary/aromatic N) is 2. The summed E-state index contributed by atoms with van der Waals surface area (Å²) < 4.78 is 10.6. The second-order valence-corrected chi connectivity index (χ2v) is 5.99. The third-order valence-electron chi connectivity index (χ3n) is 4.19. The number of nitrogens with one attached hydrogen (secondary N) is 1. The minimum atomic E-state index is -0.777. The summed E-state index contributed by atoms with van der Waals surface area (Å²) in [6, 6.07) is -0.766. The molecule has 0 amide bonds. The number of ether oxygens (including phenoxy) is 1. The van der Waals surface area contributed by atoms with Gasteiger partial charge in [-0.05, 0) is 24.6 Å². The molecule has 0 spiro atoms. The van der Waals surface area contributed by atoms with Crippen LogP contribution in [0.2, 0.25) is 0 Å². The van der Waals surface area contributed by atoms with Crippen LogP contribution >= 0.6 is 0 Å². The van der Waals surface area contributed by atoms with Gasteiger partial charge in [0.1, 0.15) is 6.17 Å². The predicted molar refractivity (Wildman–Crippen MR) is 99.3 cm³/mol. The lowest BCUT2D eigenvalue weighted by molar-refractivity contribution is 0.0523. The van der Waals surface area contributed by atoms with E-state index in [1.165, 1.54) is 0 Å². The Morgan fingerprint density at radius 3 is 2.89 bits per heavy atom. The summed E-state index contributed by atoms with van der Waals surface area (Å²) in [7, 11) is 0. The van der Waals surface area contributed by atoms with E-state index in [-0.39, 0.29) is 35.9 Å². The van der Waals surface area contributed by atoms with Crippen molar-refractivity contribution in [2.75, 3.05) is 25.1 Å². The second kappa shape index (κ2) is 8.19. The third kappa shape index (κ3) is 3.79. The van der Waals surface area contributed by atoms with Crippen molar-refractivity contribution in [1.29, 1.82) is 0 Å². The number of esters is 1. The summed E-state index contributed by atoms with van der Waals surface area (Å²) in [5, 5.41) is 31.8. The van der Waals surface area contributed by atoms with Crippen molar-refractivity contribution >= 4 is 30.4 Å². The summed E-state index contributed by atoms with van der Waals surface area (Å²) in [6.07, 6.45) is 8.41. The molecule has 3 rings (SSSR count). The number of furan rings is 1. The number of carbonyl (C=O) groups excluding carboxylic acids is 1. The van der Waals surface area contributed by atoms with Crippen LogP contribution < -0.4 is 5.32 Å². The van der Waals surface area contributed by atoms with Crippen LogP contribution in [-0.2, 0) is 4.74 Å². The molecular weight excluding hydrogens is 354 g/mol. The van der Waals surface area contributed by atoms with Crippen LogP contribution in [0.15, 0.2) is 32.1 Å². The molecule has 0 bridgehead atoms. The molecule has 2 unspecified atom stereocenters. The zero-order valence-electron chi connectivity index (χ0n) is 14.7. The standard InChI is InChI=1S/C18H21N3O6/c1-2-26-18(25)14-15(24)13(27-17(14)21-11(8-22)9-23)6-10-7-20-16-12(10)4-3-5-19-16/h3-7,11-12,16,21-24H,2,8-9H2,1H3. The fourth-order valence-corrected chi connectivity index (χ4v) is 2.81. The van der Waals surface area contributed by atoms with Crippen molar-refractivity contribution < 1.29 is 29.3 Å². The van der Waals surface area contributed by atoms with Crippen molar-refractivity contribution in [3.63, 3.8) is 0 Å². The lowest BCUT2D eigenvalue weighted by Gasteiger charge is -2.14. The molecule has 0 fully saturated rings. The highest BCUT2D eigenvalue weighted by molar-refractivity contribution is 5.99. The molecule has 3 heterocycles. The number of aliphatic hydroxyl groups excluding tert-OH is 2. The Kier molecular flexibility index (Phi) is 5.72. The second-order valence-electron chi connectivity index (χ2n) is 5.99. The molecule has 1 aromatic rings. The van der Waals surface area contributed by atoms with E-state index in [4.69, 9.17) is 9.15 Å². The minimum absolute atomic E-state index is 0.0419. The number of rotatable bonds is 7. The Bertz CT molecular complexity index is 819. The molecule has 27 heavy (non-hydrogen) atoms. The molecule has 2 atom stereocenters. The fraction of sp³-hybridized carbons (Fsp3) is 0.389. The molecule has 0 aliphatic carbocycles. The molecule has 144 valence electrons. The molecule has 9 nitrogen and oxygen atoms in total. The summed E-state index contributed by atoms with van der Waals surface area (Å²) in [6.45, 7) is 0.966. The van der Waals surface area contributed by atoms with E-state index in [1.54, 1.807) is 25.4 Å². The Morgan fingerprint density at radius 2 is 2.19 bits per heavy atom. The maximum absolute atomic E-state index is 12.2. The number of dihydropyridines is 1. The highest BCUT2D eigenvalue weighted by Gasteiger charge is 2.30. The number of hydrogen-bond donors (Lipinski definition) is 4. The smallest absolute Gasteiger partial charge is 0.347 e. The Balaban J connectivity index is 1.97. The van der Waals surface area contributed by atoms with Gasteiger partial charge in [-0.15, -0.1) is 0 Å². The number of hydrogen-bond acceptors (Lipinski definition) is 9. The van der Waals surface area contributed by atoms with Crippen molar-refractivity contribution in [1.82, 2.24) is 0 Å². The average Bonchev–Trinajstić information content (AvgIpc) is 3.21. The van der Waals surface area contributed by atoms with Gasteiger partial charge >= 0.3 is 5.97 Å². The van der Waals surface area contributed by atoms with Crippen LogP contribution in [0.3, 0.4) is 0 Å². The van der Waals surface area contributed by atoms with Gasteiger partial charge in [0.15, 0.2) is 17.1 Å². The molecule has 0 saturated carbocycles. The molecule has 4 N–H and O–H groups in total. The van der Waals surface area contributed by atoms with Gasteiger partial charge in [-0.25, -0.2) is 4.79 Å². The molecule has 2 aliphatic heterocycles. The zero-order valence-corrected chi connectivity index (χ0v) is 14.7. The van der Waals surface area contributed by atoms with Gasteiger partial charge in [0, 0.05) is 18.3 Å². The molecular formula is C18H21N3O6. The van der Waals surface area contributed by atoms with Gasteiger partial charge in [-0.3, -0.25) is 9.98 Å². The van der Waals surface area contributed by atoms with Gasteiger partial charge in [0.25, 0.3) is 0 Å². The number of allylic oxidation sites excluding steroid dienone is 1. The van der Waals surface area contributed by atoms with Gasteiger partial charge in [-0.1, -0.05) is 6.08 Å². The van der Waals surface area contributed by atoms with Gasteiger partial charge in [0.2, 0.25) is 5.88 Å². The van der Waals surface area contributed by atoms with E-state index in [2.05, 4.69) is 15.3 Å². The van der Waals surface area contributed by atoms with Gasteiger partial charge in [-0.2, -0.15) is 0 Å². The first-order chi connectivity index (χ1) is 13.1. The number of aromatic hydroxyl groups is 1. The highest BCUT2D eigenvalue weighted by Crippen LogP contribution is 2.38. The summed E-state index contributed by atoms with van der Waals surface area (Å²) in [5.74, 6) is -1.29. The fourth-order valence-electron chi connectivity index (χ4n) is 2.81. The van der Waals surface area contributed by atoms with Crippen LogP contribution in [0.5, 0.6) is 5.75 Å². The first kappa shape index (κ1) is 18.9. The number of aliphatic hydroxyl groups is 2. The van der Waals surface area contributed by atoms with Crippen molar-refractivity contribution in [2.24, 2.45) is 15.9 Å². The van der Waals surface area contributed by atoms with E-state index in [1.807, 2.05) is 12.2 Å². The van der Waals surface area contributed by atoms with Crippen LogP contribution in [-0.4, -0.2) is 65.7 Å². The minimum Gasteiger partial charge on any atom is -0.504 e. The first-order valence-electron chi connectivity index (χ1n) is 8.54. The van der Waals surface area contributed by atoms with E-state index < -0.39 is 31.0 Å². The monoisotopic (exact) mass is 375 g/mol. The summed E-state index contributed by atoms with van der Waals surface area (Å²) in [4.78, 5) is 20.8. The SMILES string of the molecule is CCOC(=O)c1c(NC(CO)CO)oc(C=C2C=NC3N=CC=CC23)c1O. The van der Waals surface area contributed by atoms with Crippen LogP contribution in [0.4, 0.5) is 5.88 Å². The van der Waals surface area contributed by atoms with Crippen LogP contribution in [0.25, 0.3) is 6.08 Å². The third-order valence-corrected chi connectivity index (χ3v) is 4.19. The lowest BCUT2D eigenvalue weighted by Crippen LogP contribution is -2.28. The average molecular weight is 375 g/mol. The Morgan fingerprint density at radius 1 is 1.41 bits per heavy atom. The summed E-state index contributed by atoms with van der Waals surface area (Å²) >= 11 is 0. The lowest BCUT2D eigenvalue weighted by atomic mass is 9.97. The Labute approximate surface area is 155 Å². The van der Waals surface area contributed by atoms with Crippen LogP contribution in [0.1, 0.15) is 23.0 Å². The van der Waals surface area contributed by atoms with Crippen molar-refractivity contribution in [2.45, 2.75) is 19.1 Å². The topological polar surface area (TPSA) is 137 Å². The van der Waals surface area contributed by atoms with E-state index in [0.717, 1.165) is 5.57 Å². The quantitative estimate of drug-likeness (QED) is 0.521. The maximum Gasteiger partial charge on any atom is 0.347 e. The van der Waals surface area contributed by atoms with Crippen molar-refractivity contribution in [3.8, 4) is 5.75 Å². The molecule has 0 aromatic carbocycles. The predicted octanol–water partition coefficient (Wildman–Crippen LogP) is 0.978. The number of anilines is 1.